The minimum atomic E-state index is -4.42. The standard InChI is InChI=1S/C17H14F3N3OS2/c1-10-9-25-16(22-10)23-15(24)14-7-6-11(26-14)8-21-13-5-3-2-4-12(13)17(18,19)20/h2-7,9,21H,8H2,1H3,(H,22,23,24). The van der Waals surface area contributed by atoms with E-state index in [0.717, 1.165) is 16.6 Å². The normalized spacial score (nSPS) is 11.4. The molecule has 0 saturated carbocycles. The maximum absolute atomic E-state index is 13.0. The molecule has 0 fully saturated rings. The first-order chi connectivity index (χ1) is 12.3. The quantitative estimate of drug-likeness (QED) is 0.606. The summed E-state index contributed by atoms with van der Waals surface area (Å²) in [6.45, 7) is 2.03. The van der Waals surface area contributed by atoms with Crippen molar-refractivity contribution in [3.63, 3.8) is 0 Å². The Hall–Kier alpha value is -2.39. The van der Waals surface area contributed by atoms with E-state index in [9.17, 15) is 18.0 Å². The van der Waals surface area contributed by atoms with Gasteiger partial charge in [-0.15, -0.1) is 22.7 Å². The van der Waals surface area contributed by atoms with E-state index in [2.05, 4.69) is 15.6 Å². The molecule has 0 radical (unpaired) electrons. The van der Waals surface area contributed by atoms with Gasteiger partial charge < -0.3 is 5.32 Å². The third kappa shape index (κ3) is 4.41. The summed E-state index contributed by atoms with van der Waals surface area (Å²) in [5.41, 5.74) is 0.121. The molecule has 136 valence electrons. The average Bonchev–Trinajstić information content (AvgIpc) is 3.21. The van der Waals surface area contributed by atoms with Gasteiger partial charge in [0.1, 0.15) is 0 Å². The lowest BCUT2D eigenvalue weighted by Crippen LogP contribution is -2.10. The lowest BCUT2D eigenvalue weighted by Gasteiger charge is -2.13. The number of nitrogens with one attached hydrogen (secondary N) is 2. The van der Waals surface area contributed by atoms with Gasteiger partial charge >= 0.3 is 6.18 Å². The predicted octanol–water partition coefficient (Wildman–Crippen LogP) is 5.40. The minimum Gasteiger partial charge on any atom is -0.380 e. The molecule has 2 N–H and O–H groups in total. The van der Waals surface area contributed by atoms with E-state index in [4.69, 9.17) is 0 Å². The molecule has 0 unspecified atom stereocenters. The second-order valence-electron chi connectivity index (χ2n) is 5.41. The Morgan fingerprint density at radius 1 is 1.19 bits per heavy atom. The Morgan fingerprint density at radius 3 is 2.65 bits per heavy atom. The smallest absolute Gasteiger partial charge is 0.380 e. The summed E-state index contributed by atoms with van der Waals surface area (Å²) >= 11 is 2.55. The van der Waals surface area contributed by atoms with Crippen LogP contribution in [0.25, 0.3) is 0 Å². The zero-order chi connectivity index (χ0) is 18.7. The van der Waals surface area contributed by atoms with Crippen molar-refractivity contribution >= 4 is 39.4 Å². The van der Waals surface area contributed by atoms with Crippen LogP contribution < -0.4 is 10.6 Å². The van der Waals surface area contributed by atoms with Gasteiger partial charge in [-0.05, 0) is 31.2 Å². The number of rotatable bonds is 5. The van der Waals surface area contributed by atoms with Crippen LogP contribution in [0.1, 0.15) is 25.8 Å². The molecule has 0 aliphatic heterocycles. The number of aromatic nitrogens is 1. The summed E-state index contributed by atoms with van der Waals surface area (Å²) in [7, 11) is 0. The molecule has 0 atom stereocenters. The highest BCUT2D eigenvalue weighted by Crippen LogP contribution is 2.35. The Morgan fingerprint density at radius 2 is 1.96 bits per heavy atom. The number of alkyl halides is 3. The third-order valence-electron chi connectivity index (χ3n) is 3.41. The zero-order valence-electron chi connectivity index (χ0n) is 13.6. The third-order valence-corrected chi connectivity index (χ3v) is 5.37. The van der Waals surface area contributed by atoms with E-state index < -0.39 is 11.7 Å². The average molecular weight is 397 g/mol. The molecular formula is C17H14F3N3OS2. The van der Waals surface area contributed by atoms with E-state index in [0.29, 0.717) is 10.0 Å². The highest BCUT2D eigenvalue weighted by Gasteiger charge is 2.33. The highest BCUT2D eigenvalue weighted by molar-refractivity contribution is 7.15. The van der Waals surface area contributed by atoms with Crippen molar-refractivity contribution < 1.29 is 18.0 Å². The lowest BCUT2D eigenvalue weighted by molar-refractivity contribution is -0.137. The summed E-state index contributed by atoms with van der Waals surface area (Å²) in [6.07, 6.45) is -4.42. The summed E-state index contributed by atoms with van der Waals surface area (Å²) in [6, 6.07) is 8.67. The van der Waals surface area contributed by atoms with E-state index in [-0.39, 0.29) is 18.1 Å². The SMILES string of the molecule is Cc1csc(NC(=O)c2ccc(CNc3ccccc3C(F)(F)F)s2)n1. The van der Waals surface area contributed by atoms with Crippen LogP contribution in [0.2, 0.25) is 0 Å². The molecule has 3 aromatic rings. The molecular weight excluding hydrogens is 383 g/mol. The van der Waals surface area contributed by atoms with Crippen molar-refractivity contribution in [1.82, 2.24) is 4.98 Å². The summed E-state index contributed by atoms with van der Waals surface area (Å²) in [5, 5.41) is 7.84. The number of anilines is 2. The van der Waals surface area contributed by atoms with Crippen LogP contribution >= 0.6 is 22.7 Å². The van der Waals surface area contributed by atoms with Gasteiger partial charge in [0.25, 0.3) is 5.91 Å². The molecule has 2 heterocycles. The molecule has 0 aliphatic rings. The van der Waals surface area contributed by atoms with E-state index in [1.54, 1.807) is 18.2 Å². The molecule has 1 amide bonds. The highest BCUT2D eigenvalue weighted by atomic mass is 32.1. The largest absolute Gasteiger partial charge is 0.418 e. The molecule has 26 heavy (non-hydrogen) atoms. The number of halogens is 3. The van der Waals surface area contributed by atoms with Gasteiger partial charge in [-0.3, -0.25) is 10.1 Å². The van der Waals surface area contributed by atoms with Crippen LogP contribution in [0, 0.1) is 6.92 Å². The first-order valence-electron chi connectivity index (χ1n) is 7.55. The van der Waals surface area contributed by atoms with Crippen LogP contribution in [-0.4, -0.2) is 10.9 Å². The Labute approximate surface area is 155 Å². The van der Waals surface area contributed by atoms with E-state index >= 15 is 0 Å². The number of thiazole rings is 1. The van der Waals surface area contributed by atoms with Gasteiger partial charge in [0.05, 0.1) is 16.1 Å². The summed E-state index contributed by atoms with van der Waals surface area (Å²) in [4.78, 5) is 17.6. The van der Waals surface area contributed by atoms with Gasteiger partial charge in [0.2, 0.25) is 0 Å². The molecule has 1 aromatic carbocycles. The van der Waals surface area contributed by atoms with Crippen molar-refractivity contribution in [2.45, 2.75) is 19.6 Å². The maximum Gasteiger partial charge on any atom is 0.418 e. The molecule has 0 saturated heterocycles. The second kappa shape index (κ2) is 7.46. The minimum absolute atomic E-state index is 0.0117. The summed E-state index contributed by atoms with van der Waals surface area (Å²) in [5.74, 6) is -0.286. The second-order valence-corrected chi connectivity index (χ2v) is 7.44. The monoisotopic (exact) mass is 397 g/mol. The molecule has 0 spiro atoms. The predicted molar refractivity (Wildman–Crippen MR) is 97.9 cm³/mol. The number of aryl methyl sites for hydroxylation is 1. The fraction of sp³-hybridized carbons (Fsp3) is 0.176. The van der Waals surface area contributed by atoms with E-state index in [1.807, 2.05) is 12.3 Å². The van der Waals surface area contributed by atoms with Gasteiger partial charge in [-0.25, -0.2) is 4.98 Å². The van der Waals surface area contributed by atoms with Crippen molar-refractivity contribution in [2.75, 3.05) is 10.6 Å². The number of nitrogens with zero attached hydrogens (tertiary/aromatic N) is 1. The fourth-order valence-electron chi connectivity index (χ4n) is 2.23. The fourth-order valence-corrected chi connectivity index (χ4v) is 3.76. The van der Waals surface area contributed by atoms with Gasteiger partial charge in [0.15, 0.2) is 5.13 Å². The number of carbonyl (C=O) groups excluding carboxylic acids is 1. The molecule has 9 heteroatoms. The van der Waals surface area contributed by atoms with Crippen molar-refractivity contribution in [3.8, 4) is 0 Å². The van der Waals surface area contributed by atoms with Crippen LogP contribution in [-0.2, 0) is 12.7 Å². The van der Waals surface area contributed by atoms with Crippen molar-refractivity contribution in [3.05, 3.63) is 62.8 Å². The van der Waals surface area contributed by atoms with Gasteiger partial charge in [0, 0.05) is 22.5 Å². The number of para-hydroxylation sites is 1. The first-order valence-corrected chi connectivity index (χ1v) is 9.25. The molecule has 2 aromatic heterocycles. The molecule has 0 bridgehead atoms. The molecule has 4 nitrogen and oxygen atoms in total. The number of thiophene rings is 1. The number of amides is 1. The number of hydrogen-bond donors (Lipinski definition) is 2. The number of hydrogen-bond acceptors (Lipinski definition) is 5. The Bertz CT molecular complexity index is 918. The molecule has 3 rings (SSSR count). The maximum atomic E-state index is 13.0. The van der Waals surface area contributed by atoms with Crippen LogP contribution in [0.4, 0.5) is 24.0 Å². The van der Waals surface area contributed by atoms with Crippen LogP contribution in [0.15, 0.2) is 41.8 Å². The Kier molecular flexibility index (Phi) is 5.28. The molecule has 0 aliphatic carbocycles. The van der Waals surface area contributed by atoms with Crippen LogP contribution in [0.5, 0.6) is 0 Å². The van der Waals surface area contributed by atoms with Crippen molar-refractivity contribution in [2.24, 2.45) is 0 Å². The zero-order valence-corrected chi connectivity index (χ0v) is 15.2. The topological polar surface area (TPSA) is 54.0 Å². The van der Waals surface area contributed by atoms with Crippen molar-refractivity contribution in [1.29, 1.82) is 0 Å². The first kappa shape index (κ1) is 18.4. The number of carbonyl (C=O) groups is 1. The lowest BCUT2D eigenvalue weighted by atomic mass is 10.1. The summed E-state index contributed by atoms with van der Waals surface area (Å²) < 4.78 is 39.0. The Balaban J connectivity index is 1.65. The van der Waals surface area contributed by atoms with E-state index in [1.165, 1.54) is 34.8 Å². The van der Waals surface area contributed by atoms with Crippen LogP contribution in [0.3, 0.4) is 0 Å². The number of benzene rings is 1. The van der Waals surface area contributed by atoms with Gasteiger partial charge in [-0.1, -0.05) is 12.1 Å². The van der Waals surface area contributed by atoms with Gasteiger partial charge in [-0.2, -0.15) is 13.2 Å².